The number of fused-ring (bicyclic) bond motifs is 1. The van der Waals surface area contributed by atoms with Crippen LogP contribution < -0.4 is 5.56 Å². The maximum absolute atomic E-state index is 13.1. The zero-order valence-electron chi connectivity index (χ0n) is 7.35. The predicted octanol–water partition coefficient (Wildman–Crippen LogP) is 0.532. The maximum Gasteiger partial charge on any atom is 0.342 e. The highest BCUT2D eigenvalue weighted by Crippen LogP contribution is 2.03. The van der Waals surface area contributed by atoms with E-state index in [9.17, 15) is 14.0 Å². The Balaban J connectivity index is 2.92. The molecule has 6 heteroatoms. The molecule has 76 valence electrons. The number of pyridine rings is 1. The Kier molecular flexibility index (Phi) is 1.96. The molecule has 2 aromatic rings. The molecule has 0 saturated carbocycles. The second-order valence-electron chi connectivity index (χ2n) is 2.83. The summed E-state index contributed by atoms with van der Waals surface area (Å²) in [5.41, 5.74) is -1.47. The van der Waals surface area contributed by atoms with Crippen LogP contribution in [0.4, 0.5) is 4.39 Å². The third-order valence-electron chi connectivity index (χ3n) is 1.92. The summed E-state index contributed by atoms with van der Waals surface area (Å²) in [6.07, 6.45) is 2.11. The normalized spacial score (nSPS) is 10.5. The Morgan fingerprint density at radius 1 is 1.53 bits per heavy atom. The van der Waals surface area contributed by atoms with Gasteiger partial charge in [-0.25, -0.2) is 14.2 Å². The van der Waals surface area contributed by atoms with Crippen LogP contribution in [0.2, 0.25) is 0 Å². The van der Waals surface area contributed by atoms with Gasteiger partial charge < -0.3 is 5.11 Å². The number of carboxylic acids is 1. The number of rotatable bonds is 1. The van der Waals surface area contributed by atoms with E-state index < -0.39 is 22.9 Å². The summed E-state index contributed by atoms with van der Waals surface area (Å²) < 4.78 is 14.0. The lowest BCUT2D eigenvalue weighted by atomic mass is 10.3. The van der Waals surface area contributed by atoms with Crippen molar-refractivity contribution in [3.05, 3.63) is 46.3 Å². The van der Waals surface area contributed by atoms with Crippen molar-refractivity contribution in [1.82, 2.24) is 9.38 Å². The average molecular weight is 208 g/mol. The fraction of sp³-hybridized carbons (Fsp3) is 0. The van der Waals surface area contributed by atoms with E-state index in [1.807, 2.05) is 0 Å². The lowest BCUT2D eigenvalue weighted by Crippen LogP contribution is -2.23. The first-order chi connectivity index (χ1) is 7.11. The van der Waals surface area contributed by atoms with E-state index in [0.717, 1.165) is 16.7 Å². The van der Waals surface area contributed by atoms with Gasteiger partial charge in [0.1, 0.15) is 5.56 Å². The van der Waals surface area contributed by atoms with Crippen molar-refractivity contribution in [3.8, 4) is 0 Å². The lowest BCUT2D eigenvalue weighted by molar-refractivity contribution is 0.0694. The molecule has 0 aliphatic rings. The van der Waals surface area contributed by atoms with Crippen LogP contribution in [-0.4, -0.2) is 20.5 Å². The zero-order valence-corrected chi connectivity index (χ0v) is 7.35. The van der Waals surface area contributed by atoms with Crippen molar-refractivity contribution in [2.75, 3.05) is 0 Å². The minimum Gasteiger partial charge on any atom is -0.477 e. The average Bonchev–Trinajstić information content (AvgIpc) is 2.19. The number of nitrogens with zero attached hydrogens (tertiary/aromatic N) is 2. The number of hydrogen-bond acceptors (Lipinski definition) is 3. The fourth-order valence-corrected chi connectivity index (χ4v) is 1.22. The van der Waals surface area contributed by atoms with Crippen molar-refractivity contribution in [2.24, 2.45) is 0 Å². The zero-order chi connectivity index (χ0) is 11.0. The van der Waals surface area contributed by atoms with Crippen LogP contribution in [0.15, 0.2) is 29.3 Å². The van der Waals surface area contributed by atoms with Gasteiger partial charge in [0.05, 0.1) is 0 Å². The molecule has 0 atom stereocenters. The summed E-state index contributed by atoms with van der Waals surface area (Å²) >= 11 is 0. The van der Waals surface area contributed by atoms with Crippen molar-refractivity contribution in [3.63, 3.8) is 0 Å². The Bertz CT molecular complexity index is 606. The van der Waals surface area contributed by atoms with Gasteiger partial charge in [-0.05, 0) is 12.1 Å². The van der Waals surface area contributed by atoms with Gasteiger partial charge in [0, 0.05) is 12.4 Å². The standard InChI is InChI=1S/C9H5FN2O3/c10-6-2-1-3-12-7(6)11-4-5(8(12)13)9(14)15/h1-4H,(H,14,15). The molecule has 0 aromatic carbocycles. The molecule has 15 heavy (non-hydrogen) atoms. The molecule has 0 radical (unpaired) electrons. The monoisotopic (exact) mass is 208 g/mol. The van der Waals surface area contributed by atoms with Crippen LogP contribution >= 0.6 is 0 Å². The van der Waals surface area contributed by atoms with Gasteiger partial charge >= 0.3 is 5.97 Å². The van der Waals surface area contributed by atoms with Crippen molar-refractivity contribution < 1.29 is 14.3 Å². The van der Waals surface area contributed by atoms with E-state index in [4.69, 9.17) is 5.11 Å². The predicted molar refractivity (Wildman–Crippen MR) is 48.4 cm³/mol. The molecule has 0 unspecified atom stereocenters. The van der Waals surface area contributed by atoms with Crippen LogP contribution in [0.1, 0.15) is 10.4 Å². The SMILES string of the molecule is O=C(O)c1cnc2c(F)cccn2c1=O. The van der Waals surface area contributed by atoms with Gasteiger partial charge in [0.2, 0.25) is 0 Å². The molecule has 0 bridgehead atoms. The summed E-state index contributed by atoms with van der Waals surface area (Å²) in [5, 5.41) is 8.65. The number of halogens is 1. The number of carbonyl (C=O) groups is 1. The van der Waals surface area contributed by atoms with Gasteiger partial charge in [0.15, 0.2) is 11.5 Å². The van der Waals surface area contributed by atoms with E-state index in [1.54, 1.807) is 0 Å². The second kappa shape index (κ2) is 3.16. The van der Waals surface area contributed by atoms with E-state index in [2.05, 4.69) is 4.98 Å². The summed E-state index contributed by atoms with van der Waals surface area (Å²) in [6, 6.07) is 2.44. The smallest absolute Gasteiger partial charge is 0.342 e. The second-order valence-corrected chi connectivity index (χ2v) is 2.83. The number of carboxylic acid groups (broad SMARTS) is 1. The van der Waals surface area contributed by atoms with Gasteiger partial charge in [-0.2, -0.15) is 0 Å². The highest BCUT2D eigenvalue weighted by molar-refractivity contribution is 5.86. The van der Waals surface area contributed by atoms with Gasteiger partial charge in [-0.1, -0.05) is 0 Å². The molecule has 2 rings (SSSR count). The quantitative estimate of drug-likeness (QED) is 0.742. The van der Waals surface area contributed by atoms with Crippen molar-refractivity contribution in [1.29, 1.82) is 0 Å². The molecule has 0 saturated heterocycles. The summed E-state index contributed by atoms with van der Waals surface area (Å²) in [5.74, 6) is -2.06. The molecule has 0 aliphatic heterocycles. The summed E-state index contributed by atoms with van der Waals surface area (Å²) in [6.45, 7) is 0. The van der Waals surface area contributed by atoms with Gasteiger partial charge in [0.25, 0.3) is 5.56 Å². The highest BCUT2D eigenvalue weighted by Gasteiger charge is 2.12. The number of aromatic carboxylic acids is 1. The summed E-state index contributed by atoms with van der Waals surface area (Å²) in [4.78, 5) is 25.7. The van der Waals surface area contributed by atoms with Crippen LogP contribution in [0.3, 0.4) is 0 Å². The molecular weight excluding hydrogens is 203 g/mol. The molecule has 5 nitrogen and oxygen atoms in total. The molecule has 0 spiro atoms. The highest BCUT2D eigenvalue weighted by atomic mass is 19.1. The van der Waals surface area contributed by atoms with Crippen LogP contribution in [0.5, 0.6) is 0 Å². The van der Waals surface area contributed by atoms with E-state index in [1.165, 1.54) is 12.3 Å². The van der Waals surface area contributed by atoms with Crippen molar-refractivity contribution in [2.45, 2.75) is 0 Å². The van der Waals surface area contributed by atoms with E-state index in [-0.39, 0.29) is 5.65 Å². The Labute approximate surface area is 82.4 Å². The molecule has 1 N–H and O–H groups in total. The van der Waals surface area contributed by atoms with Crippen molar-refractivity contribution >= 4 is 11.6 Å². The Hall–Kier alpha value is -2.24. The third-order valence-corrected chi connectivity index (χ3v) is 1.92. The minimum absolute atomic E-state index is 0.187. The molecular formula is C9H5FN2O3. The first-order valence-corrected chi connectivity index (χ1v) is 4.00. The number of hydrogen-bond donors (Lipinski definition) is 1. The largest absolute Gasteiger partial charge is 0.477 e. The molecule has 2 heterocycles. The minimum atomic E-state index is -1.38. The van der Waals surface area contributed by atoms with E-state index >= 15 is 0 Å². The number of aromatic nitrogens is 2. The van der Waals surface area contributed by atoms with E-state index in [0.29, 0.717) is 0 Å². The summed E-state index contributed by atoms with van der Waals surface area (Å²) in [7, 11) is 0. The van der Waals surface area contributed by atoms with Crippen LogP contribution in [0.25, 0.3) is 5.65 Å². The topological polar surface area (TPSA) is 71.7 Å². The van der Waals surface area contributed by atoms with Gasteiger partial charge in [-0.15, -0.1) is 0 Å². The Morgan fingerprint density at radius 3 is 2.93 bits per heavy atom. The van der Waals surface area contributed by atoms with Crippen LogP contribution in [0, 0.1) is 5.82 Å². The molecule has 0 amide bonds. The Morgan fingerprint density at radius 2 is 2.27 bits per heavy atom. The molecule has 0 aliphatic carbocycles. The van der Waals surface area contributed by atoms with Crippen LogP contribution in [-0.2, 0) is 0 Å². The third kappa shape index (κ3) is 1.35. The fourth-order valence-electron chi connectivity index (χ4n) is 1.22. The maximum atomic E-state index is 13.1. The first-order valence-electron chi connectivity index (χ1n) is 4.00. The molecule has 2 aromatic heterocycles. The first kappa shape index (κ1) is 9.32. The molecule has 0 fully saturated rings. The van der Waals surface area contributed by atoms with Gasteiger partial charge in [-0.3, -0.25) is 9.20 Å². The lowest BCUT2D eigenvalue weighted by Gasteiger charge is -2.00.